The number of fused-ring (bicyclic) bond motifs is 1. The molecule has 0 aromatic heterocycles. The Balaban J connectivity index is 2.70. The normalized spacial score (nSPS) is 10.3. The fraction of sp³-hybridized carbons (Fsp3) is 0.154. The van der Waals surface area contributed by atoms with Crippen molar-refractivity contribution < 1.29 is 14.5 Å². The molecule has 0 aliphatic rings. The number of nitro benzene ring substituents is 1. The molecule has 0 spiro atoms. The Labute approximate surface area is 103 Å². The molecule has 0 N–H and O–H groups in total. The third kappa shape index (κ3) is 2.02. The van der Waals surface area contributed by atoms with Crippen molar-refractivity contribution in [3.8, 4) is 0 Å². The van der Waals surface area contributed by atoms with Crippen molar-refractivity contribution in [2.24, 2.45) is 0 Å². The molecule has 0 atom stereocenters. The largest absolute Gasteiger partial charge is 0.462 e. The van der Waals surface area contributed by atoms with Crippen molar-refractivity contribution in [2.75, 3.05) is 6.61 Å². The molecular formula is C13H11NO4. The van der Waals surface area contributed by atoms with Gasteiger partial charge in [-0.2, -0.15) is 0 Å². The summed E-state index contributed by atoms with van der Waals surface area (Å²) in [6.45, 7) is 1.84. The molecule has 0 heterocycles. The second kappa shape index (κ2) is 4.83. The van der Waals surface area contributed by atoms with Crippen LogP contribution in [0.3, 0.4) is 0 Å². The van der Waals surface area contributed by atoms with E-state index in [1.807, 2.05) is 0 Å². The molecule has 18 heavy (non-hydrogen) atoms. The van der Waals surface area contributed by atoms with Gasteiger partial charge in [0.05, 0.1) is 16.9 Å². The van der Waals surface area contributed by atoms with Crippen molar-refractivity contribution in [2.45, 2.75) is 6.92 Å². The molecule has 0 amide bonds. The molecule has 92 valence electrons. The van der Waals surface area contributed by atoms with E-state index in [0.29, 0.717) is 5.39 Å². The van der Waals surface area contributed by atoms with Crippen molar-refractivity contribution in [3.63, 3.8) is 0 Å². The van der Waals surface area contributed by atoms with Crippen LogP contribution in [0.1, 0.15) is 17.3 Å². The average Bonchev–Trinajstić information content (AvgIpc) is 2.37. The molecule has 0 unspecified atom stereocenters. The lowest BCUT2D eigenvalue weighted by atomic mass is 10.0. The molecule has 0 aliphatic heterocycles. The highest BCUT2D eigenvalue weighted by atomic mass is 16.6. The van der Waals surface area contributed by atoms with E-state index < -0.39 is 10.9 Å². The summed E-state index contributed by atoms with van der Waals surface area (Å²) in [5.74, 6) is -0.671. The van der Waals surface area contributed by atoms with E-state index in [4.69, 9.17) is 4.74 Å². The third-order valence-electron chi connectivity index (χ3n) is 2.58. The highest BCUT2D eigenvalue weighted by molar-refractivity contribution is 6.03. The molecular weight excluding hydrogens is 234 g/mol. The van der Waals surface area contributed by atoms with E-state index in [1.54, 1.807) is 37.3 Å². The van der Waals surface area contributed by atoms with Crippen LogP contribution in [0.2, 0.25) is 0 Å². The fourth-order valence-corrected chi connectivity index (χ4v) is 1.83. The summed E-state index contributed by atoms with van der Waals surface area (Å²) in [5.41, 5.74) is -0.216. The molecule has 0 fully saturated rings. The molecule has 2 rings (SSSR count). The van der Waals surface area contributed by atoms with Gasteiger partial charge in [0.25, 0.3) is 5.69 Å². The number of carbonyl (C=O) groups is 1. The number of benzene rings is 2. The number of rotatable bonds is 3. The van der Waals surface area contributed by atoms with Gasteiger partial charge in [-0.05, 0) is 24.4 Å². The minimum atomic E-state index is -0.671. The van der Waals surface area contributed by atoms with Crippen LogP contribution in [0, 0.1) is 10.1 Å². The van der Waals surface area contributed by atoms with Gasteiger partial charge >= 0.3 is 5.97 Å². The number of esters is 1. The molecule has 0 saturated heterocycles. The average molecular weight is 245 g/mol. The third-order valence-corrected chi connectivity index (χ3v) is 2.58. The summed E-state index contributed by atoms with van der Waals surface area (Å²) in [4.78, 5) is 22.3. The van der Waals surface area contributed by atoms with Crippen LogP contribution in [0.25, 0.3) is 10.8 Å². The molecule has 5 nitrogen and oxygen atoms in total. The zero-order valence-corrected chi connectivity index (χ0v) is 9.75. The van der Waals surface area contributed by atoms with E-state index in [9.17, 15) is 14.9 Å². The van der Waals surface area contributed by atoms with Crippen molar-refractivity contribution >= 4 is 22.4 Å². The summed E-state index contributed by atoms with van der Waals surface area (Å²) >= 11 is 0. The summed E-state index contributed by atoms with van der Waals surface area (Å²) in [5, 5.41) is 12.3. The van der Waals surface area contributed by atoms with Crippen LogP contribution in [-0.4, -0.2) is 17.5 Å². The number of ether oxygens (including phenoxy) is 1. The van der Waals surface area contributed by atoms with Gasteiger partial charge in [-0.25, -0.2) is 4.79 Å². The van der Waals surface area contributed by atoms with Gasteiger partial charge in [-0.3, -0.25) is 10.1 Å². The van der Waals surface area contributed by atoms with Gasteiger partial charge in [-0.1, -0.05) is 24.3 Å². The summed E-state index contributed by atoms with van der Waals surface area (Å²) in [6.07, 6.45) is 0. The fourth-order valence-electron chi connectivity index (χ4n) is 1.83. The number of hydrogen-bond acceptors (Lipinski definition) is 4. The van der Waals surface area contributed by atoms with Crippen LogP contribution in [-0.2, 0) is 4.74 Å². The van der Waals surface area contributed by atoms with E-state index in [1.165, 1.54) is 6.07 Å². The standard InChI is InChI=1S/C13H11NO4/c1-2-18-13(15)11-8-7-9-5-3-4-6-10(9)12(11)14(16)17/h3-8H,2H2,1H3. The first kappa shape index (κ1) is 12.0. The van der Waals surface area contributed by atoms with Crippen molar-refractivity contribution in [3.05, 3.63) is 52.1 Å². The molecule has 0 aliphatic carbocycles. The number of nitro groups is 1. The number of carbonyl (C=O) groups excluding carboxylic acids is 1. The van der Waals surface area contributed by atoms with Gasteiger partial charge in [0.15, 0.2) is 0 Å². The lowest BCUT2D eigenvalue weighted by Gasteiger charge is -2.05. The maximum absolute atomic E-state index is 11.7. The molecule has 0 radical (unpaired) electrons. The SMILES string of the molecule is CCOC(=O)c1ccc2ccccc2c1[N+](=O)[O-]. The van der Waals surface area contributed by atoms with Gasteiger partial charge in [0.2, 0.25) is 0 Å². The number of nitrogens with zero attached hydrogens (tertiary/aromatic N) is 1. The summed E-state index contributed by atoms with van der Waals surface area (Å²) in [7, 11) is 0. The highest BCUT2D eigenvalue weighted by Gasteiger charge is 2.24. The smallest absolute Gasteiger partial charge is 0.345 e. The van der Waals surface area contributed by atoms with E-state index in [-0.39, 0.29) is 17.9 Å². The van der Waals surface area contributed by atoms with Crippen LogP contribution >= 0.6 is 0 Å². The van der Waals surface area contributed by atoms with Crippen LogP contribution in [0.5, 0.6) is 0 Å². The predicted octanol–water partition coefficient (Wildman–Crippen LogP) is 2.92. The maximum atomic E-state index is 11.7. The van der Waals surface area contributed by atoms with Crippen LogP contribution in [0.4, 0.5) is 5.69 Å². The topological polar surface area (TPSA) is 69.4 Å². The molecule has 0 saturated carbocycles. The summed E-state index contributed by atoms with van der Waals surface area (Å²) < 4.78 is 4.82. The second-order valence-corrected chi connectivity index (χ2v) is 3.66. The van der Waals surface area contributed by atoms with Crippen molar-refractivity contribution in [1.82, 2.24) is 0 Å². The first-order valence-electron chi connectivity index (χ1n) is 5.48. The van der Waals surface area contributed by atoms with Gasteiger partial charge < -0.3 is 4.74 Å². The number of hydrogen-bond donors (Lipinski definition) is 0. The lowest BCUT2D eigenvalue weighted by molar-refractivity contribution is -0.383. The Morgan fingerprint density at radius 1 is 1.28 bits per heavy atom. The molecule has 0 bridgehead atoms. The van der Waals surface area contributed by atoms with Gasteiger partial charge in [-0.15, -0.1) is 0 Å². The van der Waals surface area contributed by atoms with E-state index in [2.05, 4.69) is 0 Å². The monoisotopic (exact) mass is 245 g/mol. The predicted molar refractivity (Wildman–Crippen MR) is 66.6 cm³/mol. The van der Waals surface area contributed by atoms with Gasteiger partial charge in [0, 0.05) is 0 Å². The Morgan fingerprint density at radius 3 is 2.67 bits per heavy atom. The lowest BCUT2D eigenvalue weighted by Crippen LogP contribution is -2.08. The zero-order valence-electron chi connectivity index (χ0n) is 9.75. The Bertz CT molecular complexity index is 621. The second-order valence-electron chi connectivity index (χ2n) is 3.66. The highest BCUT2D eigenvalue weighted by Crippen LogP contribution is 2.29. The summed E-state index contributed by atoms with van der Waals surface area (Å²) in [6, 6.07) is 9.97. The molecule has 2 aromatic rings. The van der Waals surface area contributed by atoms with Crippen LogP contribution in [0.15, 0.2) is 36.4 Å². The maximum Gasteiger partial charge on any atom is 0.345 e. The van der Waals surface area contributed by atoms with Crippen LogP contribution < -0.4 is 0 Å². The minimum absolute atomic E-state index is 0.0134. The van der Waals surface area contributed by atoms with E-state index >= 15 is 0 Å². The first-order valence-corrected chi connectivity index (χ1v) is 5.48. The first-order chi connectivity index (χ1) is 8.65. The van der Waals surface area contributed by atoms with Crippen molar-refractivity contribution in [1.29, 1.82) is 0 Å². The van der Waals surface area contributed by atoms with Gasteiger partial charge in [0.1, 0.15) is 5.56 Å². The Hall–Kier alpha value is -2.43. The Morgan fingerprint density at radius 2 is 2.00 bits per heavy atom. The Kier molecular flexibility index (Phi) is 3.23. The van der Waals surface area contributed by atoms with E-state index in [0.717, 1.165) is 5.39 Å². The zero-order chi connectivity index (χ0) is 13.1. The quantitative estimate of drug-likeness (QED) is 0.473. The molecule has 2 aromatic carbocycles. The minimum Gasteiger partial charge on any atom is -0.462 e. The molecule has 5 heteroatoms.